The van der Waals surface area contributed by atoms with Gasteiger partial charge in [-0.1, -0.05) is 36.4 Å². The number of nitro benzene ring substituents is 1. The molecule has 2 aromatic rings. The third-order valence-corrected chi connectivity index (χ3v) is 3.44. The van der Waals surface area contributed by atoms with Crippen molar-refractivity contribution < 1.29 is 14.5 Å². The van der Waals surface area contributed by atoms with E-state index in [2.05, 4.69) is 12.0 Å². The van der Waals surface area contributed by atoms with Crippen LogP contribution in [0.25, 0.3) is 0 Å². The van der Waals surface area contributed by atoms with E-state index in [-0.39, 0.29) is 18.3 Å². The highest BCUT2D eigenvalue weighted by atomic mass is 16.6. The molecule has 2 aromatic carbocycles. The summed E-state index contributed by atoms with van der Waals surface area (Å²) in [5.74, 6) is 2.78. The van der Waals surface area contributed by atoms with Crippen LogP contribution in [-0.4, -0.2) is 22.5 Å². The third-order valence-electron chi connectivity index (χ3n) is 3.44. The predicted octanol–water partition coefficient (Wildman–Crippen LogP) is 3.10. The molecule has 0 spiro atoms. The highest BCUT2D eigenvalue weighted by molar-refractivity contribution is 5.73. The quantitative estimate of drug-likeness (QED) is 0.485. The molecule has 0 aliphatic carbocycles. The number of carbonyl (C=O) groups is 1. The second-order valence-corrected chi connectivity index (χ2v) is 4.92. The van der Waals surface area contributed by atoms with Crippen LogP contribution >= 0.6 is 0 Å². The van der Waals surface area contributed by atoms with Crippen LogP contribution in [-0.2, 0) is 4.74 Å². The van der Waals surface area contributed by atoms with Crippen molar-refractivity contribution in [2.24, 2.45) is 0 Å². The molecule has 1 amide bonds. The molecule has 0 radical (unpaired) electrons. The van der Waals surface area contributed by atoms with Gasteiger partial charge < -0.3 is 4.74 Å². The molecule has 1 atom stereocenters. The number of non-ortho nitro benzene ring substituents is 1. The van der Waals surface area contributed by atoms with Crippen molar-refractivity contribution in [3.05, 3.63) is 75.8 Å². The summed E-state index contributed by atoms with van der Waals surface area (Å²) < 4.78 is 5.06. The molecule has 23 heavy (non-hydrogen) atoms. The first-order chi connectivity index (χ1) is 11.1. The molecule has 6 heteroatoms. The van der Waals surface area contributed by atoms with Crippen molar-refractivity contribution >= 4 is 11.8 Å². The fourth-order valence-electron chi connectivity index (χ4n) is 2.29. The van der Waals surface area contributed by atoms with Gasteiger partial charge in [0.2, 0.25) is 0 Å². The van der Waals surface area contributed by atoms with Crippen molar-refractivity contribution in [2.45, 2.75) is 6.04 Å². The number of cyclic esters (lactones) is 1. The molecule has 0 aromatic heterocycles. The van der Waals surface area contributed by atoms with Crippen LogP contribution in [0.5, 0.6) is 0 Å². The molecule has 3 rings (SSSR count). The van der Waals surface area contributed by atoms with Gasteiger partial charge in [0.05, 0.1) is 4.92 Å². The topological polar surface area (TPSA) is 72.7 Å². The van der Waals surface area contributed by atoms with Gasteiger partial charge in [-0.2, -0.15) is 0 Å². The molecule has 1 fully saturated rings. The molecule has 114 valence electrons. The minimum Gasteiger partial charge on any atom is -0.446 e. The maximum Gasteiger partial charge on any atom is 0.422 e. The van der Waals surface area contributed by atoms with Crippen LogP contribution in [0.4, 0.5) is 10.5 Å². The number of hydrogen-bond acceptors (Lipinski definition) is 4. The van der Waals surface area contributed by atoms with E-state index >= 15 is 0 Å². The highest BCUT2D eigenvalue weighted by Gasteiger charge is 2.33. The van der Waals surface area contributed by atoms with E-state index in [0.717, 1.165) is 5.56 Å². The summed E-state index contributed by atoms with van der Waals surface area (Å²) in [6.45, 7) is 0.229. The van der Waals surface area contributed by atoms with E-state index in [1.807, 2.05) is 30.3 Å². The second-order valence-electron chi connectivity index (χ2n) is 4.92. The highest BCUT2D eigenvalue weighted by Crippen LogP contribution is 2.26. The summed E-state index contributed by atoms with van der Waals surface area (Å²) >= 11 is 0. The number of amides is 1. The molecule has 1 saturated heterocycles. The average molecular weight is 308 g/mol. The van der Waals surface area contributed by atoms with E-state index < -0.39 is 11.0 Å². The largest absolute Gasteiger partial charge is 0.446 e. The first-order valence-corrected chi connectivity index (χ1v) is 6.92. The van der Waals surface area contributed by atoms with Gasteiger partial charge in [-0.15, -0.1) is 0 Å². The summed E-state index contributed by atoms with van der Waals surface area (Å²) in [6.07, 6.45) is -0.517. The number of benzene rings is 2. The van der Waals surface area contributed by atoms with E-state index in [0.29, 0.717) is 5.56 Å². The molecular formula is C17H12N2O4. The lowest BCUT2D eigenvalue weighted by atomic mass is 10.1. The van der Waals surface area contributed by atoms with Crippen LogP contribution in [0.3, 0.4) is 0 Å². The maximum absolute atomic E-state index is 11.8. The van der Waals surface area contributed by atoms with Crippen molar-refractivity contribution in [2.75, 3.05) is 6.61 Å². The van der Waals surface area contributed by atoms with Crippen LogP contribution in [0, 0.1) is 22.1 Å². The Morgan fingerprint density at radius 2 is 1.96 bits per heavy atom. The molecular weight excluding hydrogens is 296 g/mol. The summed E-state index contributed by atoms with van der Waals surface area (Å²) in [4.78, 5) is 23.5. The fourth-order valence-corrected chi connectivity index (χ4v) is 2.29. The Morgan fingerprint density at radius 3 is 2.70 bits per heavy atom. The molecule has 0 N–H and O–H groups in total. The van der Waals surface area contributed by atoms with Gasteiger partial charge in [0, 0.05) is 23.7 Å². The number of hydrogen-bond donors (Lipinski definition) is 0. The first-order valence-electron chi connectivity index (χ1n) is 6.92. The SMILES string of the molecule is O=C1OC[C@@H](c2ccccc2)N1C#Cc1cccc([N+](=O)[O-])c1. The van der Waals surface area contributed by atoms with Crippen molar-refractivity contribution in [1.82, 2.24) is 4.90 Å². The van der Waals surface area contributed by atoms with Crippen LogP contribution in [0.15, 0.2) is 54.6 Å². The standard InChI is InChI=1S/C17H12N2O4/c20-17-18(16(12-23-17)14-6-2-1-3-7-14)10-9-13-5-4-8-15(11-13)19(21)22/h1-8,11,16H,12H2/t16-/m0/s1. The van der Waals surface area contributed by atoms with Gasteiger partial charge in [0.1, 0.15) is 12.6 Å². The van der Waals surface area contributed by atoms with Crippen LogP contribution in [0.1, 0.15) is 17.2 Å². The van der Waals surface area contributed by atoms with Gasteiger partial charge in [0.15, 0.2) is 0 Å². The zero-order valence-electron chi connectivity index (χ0n) is 12.0. The third kappa shape index (κ3) is 3.14. The molecule has 0 saturated carbocycles. The fraction of sp³-hybridized carbons (Fsp3) is 0.118. The Morgan fingerprint density at radius 1 is 1.17 bits per heavy atom. The number of rotatable bonds is 2. The van der Waals surface area contributed by atoms with E-state index in [1.54, 1.807) is 12.1 Å². The number of nitrogens with zero attached hydrogens (tertiary/aromatic N) is 2. The van der Waals surface area contributed by atoms with Gasteiger partial charge in [-0.05, 0) is 17.6 Å². The van der Waals surface area contributed by atoms with E-state index in [9.17, 15) is 14.9 Å². The molecule has 1 aliphatic rings. The minimum absolute atomic E-state index is 0.0413. The number of ether oxygens (including phenoxy) is 1. The number of nitro groups is 1. The van der Waals surface area contributed by atoms with Crippen molar-refractivity contribution in [3.8, 4) is 12.0 Å². The molecule has 6 nitrogen and oxygen atoms in total. The number of carbonyl (C=O) groups excluding carboxylic acids is 1. The van der Waals surface area contributed by atoms with Crippen molar-refractivity contribution in [3.63, 3.8) is 0 Å². The lowest BCUT2D eigenvalue weighted by Crippen LogP contribution is -2.22. The summed E-state index contributed by atoms with van der Waals surface area (Å²) in [7, 11) is 0. The predicted molar refractivity (Wildman–Crippen MR) is 82.3 cm³/mol. The molecule has 0 bridgehead atoms. The summed E-state index contributed by atoms with van der Waals surface area (Å²) in [5.41, 5.74) is 1.35. The molecule has 0 unspecified atom stereocenters. The van der Waals surface area contributed by atoms with Crippen LogP contribution < -0.4 is 0 Å². The summed E-state index contributed by atoms with van der Waals surface area (Å²) in [6, 6.07) is 17.9. The zero-order valence-corrected chi connectivity index (χ0v) is 12.0. The Bertz CT molecular complexity index is 808. The monoisotopic (exact) mass is 308 g/mol. The average Bonchev–Trinajstić information content (AvgIpc) is 2.95. The maximum atomic E-state index is 11.8. The van der Waals surface area contributed by atoms with Crippen molar-refractivity contribution in [1.29, 1.82) is 0 Å². The normalized spacial score (nSPS) is 16.4. The minimum atomic E-state index is -0.517. The van der Waals surface area contributed by atoms with Gasteiger partial charge in [-0.25, -0.2) is 9.69 Å². The Labute approximate surface area is 132 Å². The Kier molecular flexibility index (Phi) is 3.93. The van der Waals surface area contributed by atoms with Gasteiger partial charge in [0.25, 0.3) is 5.69 Å². The molecule has 1 heterocycles. The summed E-state index contributed by atoms with van der Waals surface area (Å²) in [5, 5.41) is 10.8. The van der Waals surface area contributed by atoms with E-state index in [1.165, 1.54) is 17.0 Å². The Balaban J connectivity index is 1.88. The Hall–Kier alpha value is -3.33. The van der Waals surface area contributed by atoms with Gasteiger partial charge in [-0.3, -0.25) is 10.1 Å². The zero-order chi connectivity index (χ0) is 16.2. The smallest absolute Gasteiger partial charge is 0.422 e. The van der Waals surface area contributed by atoms with Gasteiger partial charge >= 0.3 is 6.09 Å². The lowest BCUT2D eigenvalue weighted by molar-refractivity contribution is -0.384. The second kappa shape index (κ2) is 6.20. The van der Waals surface area contributed by atoms with E-state index in [4.69, 9.17) is 4.74 Å². The van der Waals surface area contributed by atoms with Crippen LogP contribution in [0.2, 0.25) is 0 Å². The first kappa shape index (κ1) is 14.6. The lowest BCUT2D eigenvalue weighted by Gasteiger charge is -2.14. The molecule has 1 aliphatic heterocycles.